The molecule has 1 aliphatic rings. The standard InChI is InChI=1S/C31H38N4O3/c1-31(2,3)38-30(37)33-21-23-14-16-25(17-15-23)29(36)35-27(20-22-10-6-4-7-11-22)28-32-19-18-26(34-28)24-12-8-5-9-13-24/h4-13,18-19,23,25,27H,14-17,20-21H2,1-3H3,(H,33,37)(H,35,36)/t23?,25?,27-/m0/s1. The third-order valence-electron chi connectivity index (χ3n) is 6.81. The number of ether oxygens (including phenoxy) is 1. The molecule has 1 atom stereocenters. The summed E-state index contributed by atoms with van der Waals surface area (Å²) in [5, 5.41) is 6.14. The molecule has 4 rings (SSSR count). The zero-order chi connectivity index (χ0) is 27.0. The molecule has 1 aliphatic carbocycles. The molecule has 2 N–H and O–H groups in total. The summed E-state index contributed by atoms with van der Waals surface area (Å²) in [6.07, 6.45) is 5.33. The van der Waals surface area contributed by atoms with Crippen molar-refractivity contribution in [2.45, 2.75) is 64.5 Å². The van der Waals surface area contributed by atoms with Crippen molar-refractivity contribution in [3.8, 4) is 11.3 Å². The summed E-state index contributed by atoms with van der Waals surface area (Å²) in [7, 11) is 0. The molecule has 1 aromatic heterocycles. The highest BCUT2D eigenvalue weighted by atomic mass is 16.6. The number of carbonyl (C=O) groups is 2. The topological polar surface area (TPSA) is 93.2 Å². The molecule has 3 aromatic rings. The largest absolute Gasteiger partial charge is 0.444 e. The summed E-state index contributed by atoms with van der Waals surface area (Å²) in [6, 6.07) is 21.7. The Bertz CT molecular complexity index is 1190. The minimum absolute atomic E-state index is 0.0400. The summed E-state index contributed by atoms with van der Waals surface area (Å²) >= 11 is 0. The first kappa shape index (κ1) is 27.3. The normalized spacial score (nSPS) is 18.3. The van der Waals surface area contributed by atoms with Crippen molar-refractivity contribution >= 4 is 12.0 Å². The maximum absolute atomic E-state index is 13.4. The van der Waals surface area contributed by atoms with Crippen molar-refractivity contribution in [3.05, 3.63) is 84.3 Å². The molecular weight excluding hydrogens is 476 g/mol. The highest BCUT2D eigenvalue weighted by Gasteiger charge is 2.29. The zero-order valence-electron chi connectivity index (χ0n) is 22.5. The lowest BCUT2D eigenvalue weighted by Crippen LogP contribution is -2.39. The second kappa shape index (κ2) is 12.7. The van der Waals surface area contributed by atoms with Gasteiger partial charge in [0.2, 0.25) is 5.91 Å². The number of nitrogens with zero attached hydrogens (tertiary/aromatic N) is 2. The minimum Gasteiger partial charge on any atom is -0.444 e. The number of alkyl carbamates (subject to hydrolysis) is 1. The van der Waals surface area contributed by atoms with E-state index < -0.39 is 5.60 Å². The third-order valence-corrected chi connectivity index (χ3v) is 6.81. The second-order valence-corrected chi connectivity index (χ2v) is 11.0. The van der Waals surface area contributed by atoms with Crippen molar-refractivity contribution in [2.24, 2.45) is 11.8 Å². The van der Waals surface area contributed by atoms with Gasteiger partial charge in [-0.05, 0) is 70.4 Å². The summed E-state index contributed by atoms with van der Waals surface area (Å²) in [6.45, 7) is 6.12. The van der Waals surface area contributed by atoms with Gasteiger partial charge in [-0.15, -0.1) is 0 Å². The molecule has 0 unspecified atom stereocenters. The van der Waals surface area contributed by atoms with Gasteiger partial charge in [-0.2, -0.15) is 0 Å². The minimum atomic E-state index is -0.513. The van der Waals surface area contributed by atoms with Crippen LogP contribution in [0.1, 0.15) is 63.9 Å². The van der Waals surface area contributed by atoms with Gasteiger partial charge in [-0.25, -0.2) is 14.8 Å². The molecule has 0 saturated heterocycles. The Morgan fingerprint density at radius 3 is 2.26 bits per heavy atom. The first-order valence-corrected chi connectivity index (χ1v) is 13.5. The monoisotopic (exact) mass is 514 g/mol. The van der Waals surface area contributed by atoms with E-state index >= 15 is 0 Å². The lowest BCUT2D eigenvalue weighted by Gasteiger charge is -2.29. The summed E-state index contributed by atoms with van der Waals surface area (Å²) in [5.74, 6) is 0.929. The SMILES string of the molecule is CC(C)(C)OC(=O)NCC1CCC(C(=O)N[C@@H](Cc2ccccc2)c2nccc(-c3ccccc3)n2)CC1. The third kappa shape index (κ3) is 8.13. The molecule has 0 spiro atoms. The molecule has 200 valence electrons. The lowest BCUT2D eigenvalue weighted by molar-refractivity contribution is -0.127. The highest BCUT2D eigenvalue weighted by Crippen LogP contribution is 2.30. The Hall–Kier alpha value is -3.74. The quantitative estimate of drug-likeness (QED) is 0.392. The van der Waals surface area contributed by atoms with Crippen molar-refractivity contribution < 1.29 is 14.3 Å². The maximum Gasteiger partial charge on any atom is 0.407 e. The van der Waals surface area contributed by atoms with E-state index in [0.717, 1.165) is 42.5 Å². The van der Waals surface area contributed by atoms with Crippen molar-refractivity contribution in [2.75, 3.05) is 6.54 Å². The van der Waals surface area contributed by atoms with Crippen LogP contribution in [0.2, 0.25) is 0 Å². The van der Waals surface area contributed by atoms with Crippen molar-refractivity contribution in [3.63, 3.8) is 0 Å². The Kier molecular flexibility index (Phi) is 9.10. The van der Waals surface area contributed by atoms with Gasteiger partial charge in [0.15, 0.2) is 5.82 Å². The second-order valence-electron chi connectivity index (χ2n) is 11.0. The molecule has 0 bridgehead atoms. The van der Waals surface area contributed by atoms with E-state index in [1.807, 2.05) is 75.4 Å². The molecule has 0 aliphatic heterocycles. The van der Waals surface area contributed by atoms with E-state index in [2.05, 4.69) is 27.8 Å². The number of hydrogen-bond donors (Lipinski definition) is 2. The van der Waals surface area contributed by atoms with Gasteiger partial charge < -0.3 is 15.4 Å². The molecule has 2 aromatic carbocycles. The Balaban J connectivity index is 1.39. The molecule has 38 heavy (non-hydrogen) atoms. The van der Waals surface area contributed by atoms with Crippen LogP contribution < -0.4 is 10.6 Å². The fourth-order valence-corrected chi connectivity index (χ4v) is 4.83. The number of hydrogen-bond acceptors (Lipinski definition) is 5. The zero-order valence-corrected chi connectivity index (χ0v) is 22.5. The highest BCUT2D eigenvalue weighted by molar-refractivity contribution is 5.79. The molecular formula is C31H38N4O3. The molecule has 0 radical (unpaired) electrons. The van der Waals surface area contributed by atoms with E-state index in [-0.39, 0.29) is 24.0 Å². The fourth-order valence-electron chi connectivity index (χ4n) is 4.83. The Labute approximate surface area is 225 Å². The fraction of sp³-hybridized carbons (Fsp3) is 0.419. The smallest absolute Gasteiger partial charge is 0.407 e. The molecule has 1 fully saturated rings. The lowest BCUT2D eigenvalue weighted by atomic mass is 9.81. The van der Waals surface area contributed by atoms with Crippen LogP contribution in [0.25, 0.3) is 11.3 Å². The van der Waals surface area contributed by atoms with Crippen LogP contribution in [0.5, 0.6) is 0 Å². The van der Waals surface area contributed by atoms with Gasteiger partial charge in [-0.1, -0.05) is 60.7 Å². The molecule has 1 heterocycles. The van der Waals surface area contributed by atoms with Crippen LogP contribution in [0.3, 0.4) is 0 Å². The van der Waals surface area contributed by atoms with Gasteiger partial charge in [0.1, 0.15) is 5.60 Å². The summed E-state index contributed by atoms with van der Waals surface area (Å²) in [5.41, 5.74) is 2.45. The average Bonchev–Trinajstić information content (AvgIpc) is 2.92. The first-order chi connectivity index (χ1) is 18.3. The van der Waals surface area contributed by atoms with Crippen LogP contribution in [-0.2, 0) is 16.0 Å². The van der Waals surface area contributed by atoms with E-state index in [1.165, 1.54) is 0 Å². The predicted octanol–water partition coefficient (Wildman–Crippen LogP) is 5.87. The van der Waals surface area contributed by atoms with Crippen molar-refractivity contribution in [1.82, 2.24) is 20.6 Å². The van der Waals surface area contributed by atoms with Gasteiger partial charge in [0.25, 0.3) is 0 Å². The molecule has 1 saturated carbocycles. The van der Waals surface area contributed by atoms with Crippen LogP contribution in [0, 0.1) is 11.8 Å². The van der Waals surface area contributed by atoms with Crippen molar-refractivity contribution in [1.29, 1.82) is 0 Å². The maximum atomic E-state index is 13.4. The van der Waals surface area contributed by atoms with Crippen LogP contribution in [0.15, 0.2) is 72.9 Å². The number of rotatable bonds is 8. The van der Waals surface area contributed by atoms with Gasteiger partial charge in [0.05, 0.1) is 11.7 Å². The molecule has 7 heteroatoms. The van der Waals surface area contributed by atoms with Gasteiger partial charge >= 0.3 is 6.09 Å². The summed E-state index contributed by atoms with van der Waals surface area (Å²) in [4.78, 5) is 34.8. The van der Waals surface area contributed by atoms with Crippen LogP contribution in [-0.4, -0.2) is 34.1 Å². The number of carbonyl (C=O) groups excluding carboxylic acids is 2. The van der Waals surface area contributed by atoms with Gasteiger partial charge in [-0.3, -0.25) is 4.79 Å². The van der Waals surface area contributed by atoms with E-state index in [1.54, 1.807) is 6.20 Å². The number of nitrogens with one attached hydrogen (secondary N) is 2. The van der Waals surface area contributed by atoms with Gasteiger partial charge in [0, 0.05) is 24.2 Å². The number of aromatic nitrogens is 2. The Morgan fingerprint density at radius 2 is 1.61 bits per heavy atom. The van der Waals surface area contributed by atoms with E-state index in [9.17, 15) is 9.59 Å². The van der Waals surface area contributed by atoms with E-state index in [4.69, 9.17) is 9.72 Å². The average molecular weight is 515 g/mol. The first-order valence-electron chi connectivity index (χ1n) is 13.5. The predicted molar refractivity (Wildman–Crippen MR) is 148 cm³/mol. The van der Waals surface area contributed by atoms with Crippen LogP contribution >= 0.6 is 0 Å². The molecule has 7 nitrogen and oxygen atoms in total. The Morgan fingerprint density at radius 1 is 0.947 bits per heavy atom. The molecule has 2 amide bonds. The number of amides is 2. The summed E-state index contributed by atoms with van der Waals surface area (Å²) < 4.78 is 5.33. The van der Waals surface area contributed by atoms with E-state index in [0.29, 0.717) is 24.7 Å². The van der Waals surface area contributed by atoms with Crippen LogP contribution in [0.4, 0.5) is 4.79 Å². The number of benzene rings is 2.